The highest BCUT2D eigenvalue weighted by Crippen LogP contribution is 2.23. The van der Waals surface area contributed by atoms with Crippen molar-refractivity contribution in [3.63, 3.8) is 0 Å². The molecule has 1 N–H and O–H groups in total. The van der Waals surface area contributed by atoms with Gasteiger partial charge in [0.2, 0.25) is 0 Å². The minimum absolute atomic E-state index is 0.330. The van der Waals surface area contributed by atoms with Crippen LogP contribution in [-0.2, 0) is 0 Å². The van der Waals surface area contributed by atoms with Crippen molar-refractivity contribution in [1.29, 1.82) is 0 Å². The Morgan fingerprint density at radius 1 is 0.950 bits per heavy atom. The van der Waals surface area contributed by atoms with Crippen LogP contribution in [0.2, 0.25) is 5.02 Å². The second kappa shape index (κ2) is 6.92. The van der Waals surface area contributed by atoms with Crippen molar-refractivity contribution in [1.82, 2.24) is 5.32 Å². The fraction of sp³-hybridized carbons (Fsp3) is 0.333. The Balaban J connectivity index is 2.09. The number of aryl methyl sites for hydroxylation is 1. The maximum atomic E-state index is 5.96. The Morgan fingerprint density at radius 3 is 2.05 bits per heavy atom. The van der Waals surface area contributed by atoms with E-state index in [1.54, 1.807) is 0 Å². The zero-order chi connectivity index (χ0) is 14.5. The van der Waals surface area contributed by atoms with Crippen LogP contribution in [0.25, 0.3) is 0 Å². The van der Waals surface area contributed by atoms with E-state index in [0.29, 0.717) is 12.1 Å². The first kappa shape index (κ1) is 15.1. The van der Waals surface area contributed by atoms with E-state index in [1.165, 1.54) is 16.7 Å². The van der Waals surface area contributed by atoms with E-state index < -0.39 is 0 Å². The third-order valence-corrected chi connectivity index (χ3v) is 3.96. The molecule has 1 unspecified atom stereocenters. The summed E-state index contributed by atoms with van der Waals surface area (Å²) in [5.74, 6) is 0. The smallest absolute Gasteiger partial charge is 0.0406 e. The molecule has 0 aliphatic rings. The predicted molar refractivity (Wildman–Crippen MR) is 87.2 cm³/mol. The van der Waals surface area contributed by atoms with Gasteiger partial charge in [-0.2, -0.15) is 0 Å². The first-order valence-electron chi connectivity index (χ1n) is 7.18. The Kier molecular flexibility index (Phi) is 5.22. The van der Waals surface area contributed by atoms with Crippen molar-refractivity contribution in [2.45, 2.75) is 39.3 Å². The van der Waals surface area contributed by atoms with Crippen molar-refractivity contribution >= 4 is 11.6 Å². The quantitative estimate of drug-likeness (QED) is 0.771. The predicted octanol–water partition coefficient (Wildman–Crippen LogP) is 5.45. The summed E-state index contributed by atoms with van der Waals surface area (Å²) < 4.78 is 0. The topological polar surface area (TPSA) is 12.0 Å². The summed E-state index contributed by atoms with van der Waals surface area (Å²) in [6, 6.07) is 17.5. The van der Waals surface area contributed by atoms with Gasteiger partial charge in [-0.1, -0.05) is 60.5 Å². The molecule has 2 heteroatoms. The summed E-state index contributed by atoms with van der Waals surface area (Å²) in [6.07, 6.45) is 1.05. The zero-order valence-corrected chi connectivity index (χ0v) is 13.1. The van der Waals surface area contributed by atoms with Gasteiger partial charge in [0, 0.05) is 17.1 Å². The monoisotopic (exact) mass is 287 g/mol. The molecular formula is C18H22ClN. The van der Waals surface area contributed by atoms with Gasteiger partial charge in [0.15, 0.2) is 0 Å². The standard InChI is InChI=1S/C18H22ClN/c1-4-18(16-9-11-17(19)12-10-16)20-14(3)15-7-5-13(2)6-8-15/h5-12,14,18,20H,4H2,1-3H3/t14-,18?/m1/s1. The van der Waals surface area contributed by atoms with E-state index >= 15 is 0 Å². The van der Waals surface area contributed by atoms with Gasteiger partial charge in [0.25, 0.3) is 0 Å². The van der Waals surface area contributed by atoms with E-state index in [9.17, 15) is 0 Å². The fourth-order valence-corrected chi connectivity index (χ4v) is 2.52. The highest BCUT2D eigenvalue weighted by atomic mass is 35.5. The molecule has 0 radical (unpaired) electrons. The molecule has 0 amide bonds. The molecule has 0 saturated carbocycles. The summed E-state index contributed by atoms with van der Waals surface area (Å²) in [7, 11) is 0. The number of benzene rings is 2. The second-order valence-corrected chi connectivity index (χ2v) is 5.75. The average molecular weight is 288 g/mol. The van der Waals surface area contributed by atoms with Crippen LogP contribution in [0.4, 0.5) is 0 Å². The number of hydrogen-bond acceptors (Lipinski definition) is 1. The van der Waals surface area contributed by atoms with Crippen LogP contribution >= 0.6 is 11.6 Å². The van der Waals surface area contributed by atoms with Crippen molar-refractivity contribution in [3.8, 4) is 0 Å². The SMILES string of the molecule is CCC(N[C@H](C)c1ccc(C)cc1)c1ccc(Cl)cc1. The third kappa shape index (κ3) is 3.84. The average Bonchev–Trinajstić information content (AvgIpc) is 2.46. The zero-order valence-electron chi connectivity index (χ0n) is 12.4. The molecule has 106 valence electrons. The van der Waals surface area contributed by atoms with Crippen molar-refractivity contribution in [2.75, 3.05) is 0 Å². The molecule has 0 heterocycles. The summed E-state index contributed by atoms with van der Waals surface area (Å²) in [4.78, 5) is 0. The number of hydrogen-bond donors (Lipinski definition) is 1. The normalized spacial score (nSPS) is 14.0. The summed E-state index contributed by atoms with van der Waals surface area (Å²) in [6.45, 7) is 6.53. The highest BCUT2D eigenvalue weighted by Gasteiger charge is 2.13. The fourth-order valence-electron chi connectivity index (χ4n) is 2.40. The van der Waals surface area contributed by atoms with E-state index in [2.05, 4.69) is 62.5 Å². The Bertz CT molecular complexity index is 530. The molecule has 2 rings (SSSR count). The van der Waals surface area contributed by atoms with Crippen molar-refractivity contribution < 1.29 is 0 Å². The highest BCUT2D eigenvalue weighted by molar-refractivity contribution is 6.30. The molecule has 20 heavy (non-hydrogen) atoms. The van der Waals surface area contributed by atoms with Gasteiger partial charge in [-0.05, 0) is 43.5 Å². The van der Waals surface area contributed by atoms with Crippen molar-refractivity contribution in [3.05, 3.63) is 70.2 Å². The van der Waals surface area contributed by atoms with Gasteiger partial charge >= 0.3 is 0 Å². The molecule has 0 aromatic heterocycles. The molecule has 0 saturated heterocycles. The van der Waals surface area contributed by atoms with Crippen LogP contribution in [0.1, 0.15) is 49.0 Å². The van der Waals surface area contributed by atoms with Crippen molar-refractivity contribution in [2.24, 2.45) is 0 Å². The van der Waals surface area contributed by atoms with Crippen LogP contribution in [0.15, 0.2) is 48.5 Å². The lowest BCUT2D eigenvalue weighted by molar-refractivity contribution is 0.456. The maximum Gasteiger partial charge on any atom is 0.0406 e. The number of nitrogens with one attached hydrogen (secondary N) is 1. The largest absolute Gasteiger partial charge is 0.303 e. The molecule has 2 aromatic rings. The van der Waals surface area contributed by atoms with Gasteiger partial charge in [0.1, 0.15) is 0 Å². The lowest BCUT2D eigenvalue weighted by Gasteiger charge is -2.23. The minimum Gasteiger partial charge on any atom is -0.303 e. The van der Waals surface area contributed by atoms with E-state index in [1.807, 2.05) is 12.1 Å². The van der Waals surface area contributed by atoms with E-state index in [0.717, 1.165) is 11.4 Å². The molecule has 0 aliphatic carbocycles. The van der Waals surface area contributed by atoms with E-state index in [-0.39, 0.29) is 0 Å². The molecule has 0 bridgehead atoms. The lowest BCUT2D eigenvalue weighted by atomic mass is 10.0. The van der Waals surface area contributed by atoms with Crippen LogP contribution in [-0.4, -0.2) is 0 Å². The Labute approximate surface area is 127 Å². The van der Waals surface area contributed by atoms with Crippen LogP contribution in [0, 0.1) is 6.92 Å². The Morgan fingerprint density at radius 2 is 1.50 bits per heavy atom. The summed E-state index contributed by atoms with van der Waals surface area (Å²) in [5.41, 5.74) is 3.91. The number of rotatable bonds is 5. The van der Waals surface area contributed by atoms with Gasteiger partial charge in [-0.3, -0.25) is 0 Å². The summed E-state index contributed by atoms with van der Waals surface area (Å²) >= 11 is 5.96. The van der Waals surface area contributed by atoms with Crippen LogP contribution < -0.4 is 5.32 Å². The van der Waals surface area contributed by atoms with Gasteiger partial charge in [-0.15, -0.1) is 0 Å². The first-order chi connectivity index (χ1) is 9.60. The molecule has 2 aromatic carbocycles. The first-order valence-corrected chi connectivity index (χ1v) is 7.56. The number of halogens is 1. The maximum absolute atomic E-state index is 5.96. The minimum atomic E-state index is 0.330. The second-order valence-electron chi connectivity index (χ2n) is 5.31. The molecule has 1 nitrogen and oxygen atoms in total. The molecule has 0 fully saturated rings. The van der Waals surface area contributed by atoms with Gasteiger partial charge < -0.3 is 5.32 Å². The van der Waals surface area contributed by atoms with Crippen LogP contribution in [0.3, 0.4) is 0 Å². The lowest BCUT2D eigenvalue weighted by Crippen LogP contribution is -2.24. The molecular weight excluding hydrogens is 266 g/mol. The van der Waals surface area contributed by atoms with Gasteiger partial charge in [0.05, 0.1) is 0 Å². The summed E-state index contributed by atoms with van der Waals surface area (Å²) in [5, 5.41) is 4.48. The third-order valence-electron chi connectivity index (χ3n) is 3.71. The Hall–Kier alpha value is -1.31. The molecule has 2 atom stereocenters. The van der Waals surface area contributed by atoms with Gasteiger partial charge in [-0.25, -0.2) is 0 Å². The molecule has 0 spiro atoms. The molecule has 0 aliphatic heterocycles. The van der Waals surface area contributed by atoms with Crippen LogP contribution in [0.5, 0.6) is 0 Å². The van der Waals surface area contributed by atoms with E-state index in [4.69, 9.17) is 11.6 Å².